The van der Waals surface area contributed by atoms with E-state index in [4.69, 9.17) is 4.42 Å². The molecule has 1 aromatic heterocycles. The first-order valence-corrected chi connectivity index (χ1v) is 5.44. The third-order valence-electron chi connectivity index (χ3n) is 2.82. The quantitative estimate of drug-likeness (QED) is 0.781. The largest absolute Gasteiger partial charge is 0.445 e. The van der Waals surface area contributed by atoms with Crippen molar-refractivity contribution in [2.24, 2.45) is 5.92 Å². The Morgan fingerprint density at radius 3 is 2.93 bits per heavy atom. The topological polar surface area (TPSA) is 38.1 Å². The molecule has 1 aliphatic rings. The SMILES string of the molecule is CCC(NCc1ncc(C)o1)C1CC1. The summed E-state index contributed by atoms with van der Waals surface area (Å²) in [6, 6.07) is 0.655. The van der Waals surface area contributed by atoms with Gasteiger partial charge in [0, 0.05) is 6.04 Å². The lowest BCUT2D eigenvalue weighted by atomic mass is 10.1. The summed E-state index contributed by atoms with van der Waals surface area (Å²) in [7, 11) is 0. The van der Waals surface area contributed by atoms with Crippen LogP contribution in [0.3, 0.4) is 0 Å². The third-order valence-corrected chi connectivity index (χ3v) is 2.82. The summed E-state index contributed by atoms with van der Waals surface area (Å²) in [5.41, 5.74) is 0. The zero-order valence-electron chi connectivity index (χ0n) is 8.92. The van der Waals surface area contributed by atoms with Crippen LogP contribution in [0.1, 0.15) is 37.8 Å². The first kappa shape index (κ1) is 9.71. The Kier molecular flexibility index (Phi) is 2.87. The van der Waals surface area contributed by atoms with Gasteiger partial charge in [0.25, 0.3) is 0 Å². The molecule has 0 spiro atoms. The highest BCUT2D eigenvalue weighted by molar-refractivity contribution is 4.92. The fourth-order valence-corrected chi connectivity index (χ4v) is 1.84. The average Bonchev–Trinajstić information content (AvgIpc) is 2.92. The molecular weight excluding hydrogens is 176 g/mol. The molecule has 0 bridgehead atoms. The van der Waals surface area contributed by atoms with Gasteiger partial charge in [-0.25, -0.2) is 4.98 Å². The predicted molar refractivity (Wildman–Crippen MR) is 54.9 cm³/mol. The van der Waals surface area contributed by atoms with E-state index in [1.54, 1.807) is 6.20 Å². The molecule has 0 radical (unpaired) electrons. The summed E-state index contributed by atoms with van der Waals surface area (Å²) in [5.74, 6) is 2.60. The van der Waals surface area contributed by atoms with Crippen LogP contribution >= 0.6 is 0 Å². The van der Waals surface area contributed by atoms with Gasteiger partial charge in [0.2, 0.25) is 5.89 Å². The maximum atomic E-state index is 5.40. The third kappa shape index (κ3) is 2.35. The van der Waals surface area contributed by atoms with Crippen molar-refractivity contribution in [1.82, 2.24) is 10.3 Å². The van der Waals surface area contributed by atoms with Crippen LogP contribution in [0.2, 0.25) is 0 Å². The minimum atomic E-state index is 0.655. The average molecular weight is 194 g/mol. The second-order valence-corrected chi connectivity index (χ2v) is 4.10. The van der Waals surface area contributed by atoms with Gasteiger partial charge in [-0.15, -0.1) is 0 Å². The first-order chi connectivity index (χ1) is 6.79. The fraction of sp³-hybridized carbons (Fsp3) is 0.727. The molecule has 1 saturated carbocycles. The second-order valence-electron chi connectivity index (χ2n) is 4.10. The van der Waals surface area contributed by atoms with Gasteiger partial charge in [0.05, 0.1) is 12.7 Å². The lowest BCUT2D eigenvalue weighted by Gasteiger charge is -2.14. The van der Waals surface area contributed by atoms with Crippen molar-refractivity contribution >= 4 is 0 Å². The zero-order chi connectivity index (χ0) is 9.97. The number of aryl methyl sites for hydroxylation is 1. The van der Waals surface area contributed by atoms with Gasteiger partial charge in [0.15, 0.2) is 0 Å². The van der Waals surface area contributed by atoms with Crippen LogP contribution < -0.4 is 5.32 Å². The van der Waals surface area contributed by atoms with Crippen LogP contribution in [-0.2, 0) is 6.54 Å². The summed E-state index contributed by atoms with van der Waals surface area (Å²) in [6.07, 6.45) is 5.74. The van der Waals surface area contributed by atoms with Crippen LogP contribution in [0.15, 0.2) is 10.6 Å². The standard InChI is InChI=1S/C11H18N2O/c1-3-10(9-4-5-9)12-7-11-13-6-8(2)14-11/h6,9-10,12H,3-5,7H2,1-2H3. The highest BCUT2D eigenvalue weighted by Crippen LogP contribution is 2.33. The zero-order valence-corrected chi connectivity index (χ0v) is 8.92. The first-order valence-electron chi connectivity index (χ1n) is 5.44. The fourth-order valence-electron chi connectivity index (χ4n) is 1.84. The summed E-state index contributed by atoms with van der Waals surface area (Å²) in [5, 5.41) is 3.50. The Balaban J connectivity index is 1.80. The molecule has 14 heavy (non-hydrogen) atoms. The predicted octanol–water partition coefficient (Wildman–Crippen LogP) is 2.26. The summed E-state index contributed by atoms with van der Waals surface area (Å²) in [6.45, 7) is 4.92. The molecule has 78 valence electrons. The monoisotopic (exact) mass is 194 g/mol. The number of oxazole rings is 1. The molecule has 0 saturated heterocycles. The normalized spacial score (nSPS) is 18.4. The number of hydrogen-bond acceptors (Lipinski definition) is 3. The lowest BCUT2D eigenvalue weighted by Crippen LogP contribution is -2.29. The van der Waals surface area contributed by atoms with Crippen LogP contribution in [0.4, 0.5) is 0 Å². The van der Waals surface area contributed by atoms with Gasteiger partial charge in [-0.2, -0.15) is 0 Å². The molecule has 1 fully saturated rings. The number of rotatable bonds is 5. The van der Waals surface area contributed by atoms with Gasteiger partial charge >= 0.3 is 0 Å². The Labute approximate surface area is 84.9 Å². The molecule has 0 aromatic carbocycles. The molecule has 0 aliphatic heterocycles. The highest BCUT2D eigenvalue weighted by Gasteiger charge is 2.29. The Hall–Kier alpha value is -0.830. The van der Waals surface area contributed by atoms with E-state index in [-0.39, 0.29) is 0 Å². The van der Waals surface area contributed by atoms with Gasteiger partial charge in [0.1, 0.15) is 5.76 Å². The van der Waals surface area contributed by atoms with E-state index in [0.29, 0.717) is 6.04 Å². The van der Waals surface area contributed by atoms with Gasteiger partial charge < -0.3 is 9.73 Å². The molecule has 1 atom stereocenters. The lowest BCUT2D eigenvalue weighted by molar-refractivity contribution is 0.394. The van der Waals surface area contributed by atoms with Crippen molar-refractivity contribution in [3.63, 3.8) is 0 Å². The molecule has 3 nitrogen and oxygen atoms in total. The van der Waals surface area contributed by atoms with Crippen molar-refractivity contribution in [2.75, 3.05) is 0 Å². The number of nitrogens with zero attached hydrogens (tertiary/aromatic N) is 1. The summed E-state index contributed by atoms with van der Waals surface area (Å²) in [4.78, 5) is 4.17. The minimum Gasteiger partial charge on any atom is -0.445 e. The highest BCUT2D eigenvalue weighted by atomic mass is 16.4. The van der Waals surface area contributed by atoms with Crippen molar-refractivity contribution < 1.29 is 4.42 Å². The smallest absolute Gasteiger partial charge is 0.208 e. The van der Waals surface area contributed by atoms with E-state index in [1.807, 2.05) is 6.92 Å². The van der Waals surface area contributed by atoms with Crippen molar-refractivity contribution in [3.8, 4) is 0 Å². The number of hydrogen-bond donors (Lipinski definition) is 1. The summed E-state index contributed by atoms with van der Waals surface area (Å²) < 4.78 is 5.40. The Bertz CT molecular complexity index is 291. The maximum Gasteiger partial charge on any atom is 0.208 e. The van der Waals surface area contributed by atoms with Crippen LogP contribution in [0.25, 0.3) is 0 Å². The van der Waals surface area contributed by atoms with Crippen molar-refractivity contribution in [3.05, 3.63) is 17.8 Å². The number of nitrogens with one attached hydrogen (secondary N) is 1. The Morgan fingerprint density at radius 2 is 2.43 bits per heavy atom. The summed E-state index contributed by atoms with van der Waals surface area (Å²) >= 11 is 0. The van der Waals surface area contributed by atoms with Crippen LogP contribution in [0.5, 0.6) is 0 Å². The van der Waals surface area contributed by atoms with Gasteiger partial charge in [-0.3, -0.25) is 0 Å². The van der Waals surface area contributed by atoms with E-state index >= 15 is 0 Å². The minimum absolute atomic E-state index is 0.655. The molecule has 1 aliphatic carbocycles. The van der Waals surface area contributed by atoms with E-state index in [9.17, 15) is 0 Å². The van der Waals surface area contributed by atoms with Crippen LogP contribution in [0, 0.1) is 12.8 Å². The molecule has 3 heteroatoms. The van der Waals surface area contributed by atoms with Gasteiger partial charge in [-0.1, -0.05) is 6.92 Å². The molecule has 1 unspecified atom stereocenters. The van der Waals surface area contributed by atoms with E-state index in [2.05, 4.69) is 17.2 Å². The van der Waals surface area contributed by atoms with Gasteiger partial charge in [-0.05, 0) is 32.1 Å². The maximum absolute atomic E-state index is 5.40. The van der Waals surface area contributed by atoms with Crippen molar-refractivity contribution in [2.45, 2.75) is 45.7 Å². The molecule has 1 N–H and O–H groups in total. The van der Waals surface area contributed by atoms with E-state index in [1.165, 1.54) is 19.3 Å². The van der Waals surface area contributed by atoms with E-state index in [0.717, 1.165) is 24.1 Å². The number of aromatic nitrogens is 1. The molecule has 2 rings (SSSR count). The molecule has 1 aromatic rings. The second kappa shape index (κ2) is 4.13. The van der Waals surface area contributed by atoms with E-state index < -0.39 is 0 Å². The Morgan fingerprint density at radius 1 is 1.64 bits per heavy atom. The molecule has 1 heterocycles. The van der Waals surface area contributed by atoms with Crippen molar-refractivity contribution in [1.29, 1.82) is 0 Å². The molecule has 0 amide bonds. The molecular formula is C11H18N2O. The van der Waals surface area contributed by atoms with Crippen LogP contribution in [-0.4, -0.2) is 11.0 Å².